The smallest absolute Gasteiger partial charge is 0.238 e. The highest BCUT2D eigenvalue weighted by molar-refractivity contribution is 7.89. The number of sulfonamides is 1. The molecule has 0 bridgehead atoms. The molecule has 1 aliphatic rings. The number of nitrogens with two attached hydrogens (primary N) is 1. The number of hydrogen-bond acceptors (Lipinski definition) is 9. The van der Waals surface area contributed by atoms with E-state index in [1.165, 1.54) is 23.5 Å². The number of anilines is 2. The molecule has 3 N–H and O–H groups in total. The molecule has 4 aromatic rings. The van der Waals surface area contributed by atoms with Crippen LogP contribution in [0.5, 0.6) is 11.6 Å². The average Bonchev–Trinajstić information content (AvgIpc) is 3.33. The van der Waals surface area contributed by atoms with E-state index in [-0.39, 0.29) is 10.8 Å². The Morgan fingerprint density at radius 1 is 1.15 bits per heavy atom. The molecule has 12 heteroatoms. The molecule has 1 unspecified atom stereocenters. The van der Waals surface area contributed by atoms with Gasteiger partial charge < -0.3 is 14.8 Å². The van der Waals surface area contributed by atoms with Gasteiger partial charge in [-0.1, -0.05) is 53.3 Å². The first-order chi connectivity index (χ1) is 18.8. The maximum Gasteiger partial charge on any atom is 0.238 e. The van der Waals surface area contributed by atoms with Crippen molar-refractivity contribution in [2.75, 3.05) is 12.4 Å². The zero-order valence-electron chi connectivity index (χ0n) is 20.3. The minimum absolute atomic E-state index is 0.00160. The van der Waals surface area contributed by atoms with Gasteiger partial charge in [-0.15, -0.1) is 0 Å². The molecule has 0 aliphatic carbocycles. The second kappa shape index (κ2) is 10.9. The number of fused-ring (bicyclic) bond motifs is 1. The number of ether oxygens (including phenoxy) is 2. The number of hydrogen-bond donors (Lipinski definition) is 2. The van der Waals surface area contributed by atoms with E-state index in [9.17, 15) is 13.7 Å². The molecule has 0 radical (unpaired) electrons. The minimum Gasteiger partial charge on any atom is -0.497 e. The standard InChI is InChI=1S/C27H20ClN5O4S2/c1-36-19-10-6-16(7-11-19)23-21(14-29)25(31-15-17-4-2-3-5-22(17)28)37-26-24(23)38-27(33-26)32-18-8-12-20(13-9-18)39(30,34)35/h2-13,15,23H,1H3,(H,32,33)(H2,30,34,35). The highest BCUT2D eigenvalue weighted by Gasteiger charge is 2.35. The molecule has 0 saturated heterocycles. The van der Waals surface area contributed by atoms with Gasteiger partial charge >= 0.3 is 0 Å². The van der Waals surface area contributed by atoms with Gasteiger partial charge in [-0.3, -0.25) is 0 Å². The lowest BCUT2D eigenvalue weighted by Gasteiger charge is -2.22. The maximum absolute atomic E-state index is 11.6. The first-order valence-electron chi connectivity index (χ1n) is 11.4. The predicted molar refractivity (Wildman–Crippen MR) is 150 cm³/mol. The van der Waals surface area contributed by atoms with Gasteiger partial charge in [-0.25, -0.2) is 18.5 Å². The Hall–Kier alpha value is -4.21. The normalized spacial score (nSPS) is 15.0. The summed E-state index contributed by atoms with van der Waals surface area (Å²) >= 11 is 7.59. The van der Waals surface area contributed by atoms with Crippen molar-refractivity contribution in [3.63, 3.8) is 0 Å². The molecule has 5 rings (SSSR count). The molecule has 0 amide bonds. The number of thiazole rings is 1. The number of nitrogens with one attached hydrogen (secondary N) is 1. The number of nitriles is 1. The Morgan fingerprint density at radius 3 is 2.51 bits per heavy atom. The highest BCUT2D eigenvalue weighted by Crippen LogP contribution is 2.48. The summed E-state index contributed by atoms with van der Waals surface area (Å²) in [5.41, 5.74) is 2.40. The molecular formula is C27H20ClN5O4S2. The van der Waals surface area contributed by atoms with Crippen molar-refractivity contribution in [3.8, 4) is 17.7 Å². The van der Waals surface area contributed by atoms with Gasteiger partial charge in [0, 0.05) is 22.5 Å². The van der Waals surface area contributed by atoms with E-state index < -0.39 is 15.9 Å². The lowest BCUT2D eigenvalue weighted by atomic mass is 9.89. The number of allylic oxidation sites excluding steroid dienone is 1. The van der Waals surface area contributed by atoms with Crippen molar-refractivity contribution in [3.05, 3.63) is 105 Å². The summed E-state index contributed by atoms with van der Waals surface area (Å²) in [6.07, 6.45) is 1.55. The van der Waals surface area contributed by atoms with E-state index in [0.29, 0.717) is 43.5 Å². The van der Waals surface area contributed by atoms with E-state index in [1.807, 2.05) is 36.4 Å². The lowest BCUT2D eigenvalue weighted by molar-refractivity contribution is 0.384. The maximum atomic E-state index is 11.6. The number of benzene rings is 3. The van der Waals surface area contributed by atoms with E-state index in [2.05, 4.69) is 21.4 Å². The molecular weight excluding hydrogens is 558 g/mol. The van der Waals surface area contributed by atoms with Crippen LogP contribution in [0.2, 0.25) is 5.02 Å². The van der Waals surface area contributed by atoms with Crippen molar-refractivity contribution < 1.29 is 17.9 Å². The zero-order valence-corrected chi connectivity index (χ0v) is 22.7. The molecule has 0 spiro atoms. The molecule has 39 heavy (non-hydrogen) atoms. The number of primary sulfonamides is 1. The van der Waals surface area contributed by atoms with Crippen molar-refractivity contribution in [2.24, 2.45) is 10.1 Å². The molecule has 0 fully saturated rings. The van der Waals surface area contributed by atoms with Crippen LogP contribution in [0.25, 0.3) is 0 Å². The van der Waals surface area contributed by atoms with E-state index in [4.69, 9.17) is 26.2 Å². The van der Waals surface area contributed by atoms with Gasteiger partial charge in [0.2, 0.25) is 21.8 Å². The Bertz CT molecular complexity index is 1740. The first kappa shape index (κ1) is 26.4. The minimum atomic E-state index is -3.81. The SMILES string of the molecule is COc1ccc(C2C(C#N)=C(N=Cc3ccccc3Cl)Oc3nc(Nc4ccc(S(N)(=O)=O)cc4)sc32)cc1. The second-order valence-electron chi connectivity index (χ2n) is 8.30. The molecule has 9 nitrogen and oxygen atoms in total. The number of methoxy groups -OCH3 is 1. The van der Waals surface area contributed by atoms with Crippen molar-refractivity contribution in [1.29, 1.82) is 5.26 Å². The number of rotatable bonds is 7. The zero-order chi connectivity index (χ0) is 27.6. The quantitative estimate of drug-likeness (QED) is 0.273. The molecule has 0 saturated carbocycles. The van der Waals surface area contributed by atoms with E-state index in [1.54, 1.807) is 37.6 Å². The van der Waals surface area contributed by atoms with Crippen LogP contribution >= 0.6 is 22.9 Å². The average molecular weight is 578 g/mol. The van der Waals surface area contributed by atoms with Gasteiger partial charge in [0.1, 0.15) is 17.4 Å². The van der Waals surface area contributed by atoms with Crippen LogP contribution in [0.1, 0.15) is 21.9 Å². The Labute approximate surface area is 233 Å². The van der Waals surface area contributed by atoms with Crippen molar-refractivity contribution >= 4 is 50.0 Å². The molecule has 1 aromatic heterocycles. The fourth-order valence-electron chi connectivity index (χ4n) is 3.91. The third-order valence-electron chi connectivity index (χ3n) is 5.82. The summed E-state index contributed by atoms with van der Waals surface area (Å²) in [4.78, 5) is 9.77. The summed E-state index contributed by atoms with van der Waals surface area (Å²) in [6, 6.07) is 22.8. The first-order valence-corrected chi connectivity index (χ1v) is 14.2. The van der Waals surface area contributed by atoms with E-state index in [0.717, 1.165) is 5.56 Å². The van der Waals surface area contributed by atoms with Crippen LogP contribution in [-0.4, -0.2) is 26.7 Å². The third kappa shape index (κ3) is 5.64. The molecule has 196 valence electrons. The van der Waals surface area contributed by atoms with Gasteiger partial charge in [-0.05, 0) is 48.0 Å². The molecule has 1 aliphatic heterocycles. The Balaban J connectivity index is 1.54. The van der Waals surface area contributed by atoms with Crippen LogP contribution < -0.4 is 19.9 Å². The molecule has 2 heterocycles. The largest absolute Gasteiger partial charge is 0.497 e. The number of aromatic nitrogens is 1. The second-order valence-corrected chi connectivity index (χ2v) is 11.3. The number of halogens is 1. The van der Waals surface area contributed by atoms with Gasteiger partial charge in [0.25, 0.3) is 0 Å². The van der Waals surface area contributed by atoms with Gasteiger partial charge in [-0.2, -0.15) is 10.2 Å². The van der Waals surface area contributed by atoms with Crippen LogP contribution in [0, 0.1) is 11.3 Å². The summed E-state index contributed by atoms with van der Waals surface area (Å²) in [5, 5.41) is 19.5. The van der Waals surface area contributed by atoms with Gasteiger partial charge in [0.15, 0.2) is 5.13 Å². The van der Waals surface area contributed by atoms with Crippen LogP contribution in [-0.2, 0) is 10.0 Å². The van der Waals surface area contributed by atoms with Crippen LogP contribution in [0.4, 0.5) is 10.8 Å². The summed E-state index contributed by atoms with van der Waals surface area (Å²) in [6.45, 7) is 0. The lowest BCUT2D eigenvalue weighted by Crippen LogP contribution is -2.14. The van der Waals surface area contributed by atoms with Crippen molar-refractivity contribution in [2.45, 2.75) is 10.8 Å². The Kier molecular flexibility index (Phi) is 7.36. The predicted octanol–water partition coefficient (Wildman–Crippen LogP) is 5.57. The van der Waals surface area contributed by atoms with Crippen LogP contribution in [0.15, 0.2) is 94.1 Å². The van der Waals surface area contributed by atoms with Gasteiger partial charge in [0.05, 0.1) is 22.8 Å². The topological polar surface area (TPSA) is 140 Å². The summed E-state index contributed by atoms with van der Waals surface area (Å²) in [7, 11) is -2.23. The van der Waals surface area contributed by atoms with Crippen LogP contribution in [0.3, 0.4) is 0 Å². The Morgan fingerprint density at radius 2 is 1.87 bits per heavy atom. The highest BCUT2D eigenvalue weighted by atomic mass is 35.5. The fourth-order valence-corrected chi connectivity index (χ4v) is 5.66. The number of aliphatic imine (C=N–C) groups is 1. The van der Waals surface area contributed by atoms with Crippen molar-refractivity contribution in [1.82, 2.24) is 4.98 Å². The molecule has 3 aromatic carbocycles. The third-order valence-corrected chi connectivity index (χ3v) is 8.12. The summed E-state index contributed by atoms with van der Waals surface area (Å²) < 4.78 is 34.5. The summed E-state index contributed by atoms with van der Waals surface area (Å²) in [5.74, 6) is 0.593. The van der Waals surface area contributed by atoms with E-state index >= 15 is 0 Å². The number of nitrogens with zero attached hydrogens (tertiary/aromatic N) is 3. The fraction of sp³-hybridized carbons (Fsp3) is 0.0741. The monoisotopic (exact) mass is 577 g/mol. The molecule has 1 atom stereocenters.